The first kappa shape index (κ1) is 17.8. The second kappa shape index (κ2) is 7.29. The van der Waals surface area contributed by atoms with Gasteiger partial charge in [0.1, 0.15) is 5.60 Å². The molecule has 1 aromatic heterocycles. The second-order valence-electron chi connectivity index (χ2n) is 7.52. The van der Waals surface area contributed by atoms with Crippen molar-refractivity contribution in [2.45, 2.75) is 18.4 Å². The van der Waals surface area contributed by atoms with Crippen molar-refractivity contribution in [2.24, 2.45) is 0 Å². The van der Waals surface area contributed by atoms with Gasteiger partial charge in [0.2, 0.25) is 0 Å². The quantitative estimate of drug-likeness (QED) is 0.747. The van der Waals surface area contributed by atoms with Gasteiger partial charge in [-0.15, -0.1) is 10.2 Å². The van der Waals surface area contributed by atoms with Crippen molar-refractivity contribution >= 4 is 17.4 Å². The Morgan fingerprint density at radius 2 is 1.83 bits per heavy atom. The molecule has 1 spiro atoms. The van der Waals surface area contributed by atoms with Gasteiger partial charge >= 0.3 is 0 Å². The van der Waals surface area contributed by atoms with Gasteiger partial charge in [-0.3, -0.25) is 4.79 Å². The summed E-state index contributed by atoms with van der Waals surface area (Å²) in [6, 6.07) is 21.5. The van der Waals surface area contributed by atoms with Gasteiger partial charge in [-0.25, -0.2) is 0 Å². The Bertz CT molecular complexity index is 1020. The number of benzene rings is 2. The minimum Gasteiger partial charge on any atom is -0.367 e. The largest absolute Gasteiger partial charge is 0.367 e. The summed E-state index contributed by atoms with van der Waals surface area (Å²) in [4.78, 5) is 14.6. The van der Waals surface area contributed by atoms with Crippen LogP contribution in [-0.4, -0.2) is 35.8 Å². The van der Waals surface area contributed by atoms with Crippen LogP contribution in [0.25, 0.3) is 0 Å². The minimum absolute atomic E-state index is 0.265. The summed E-state index contributed by atoms with van der Waals surface area (Å²) in [5, 5.41) is 11.3. The first-order valence-corrected chi connectivity index (χ1v) is 9.91. The molecule has 6 nitrogen and oxygen atoms in total. The van der Waals surface area contributed by atoms with Crippen LogP contribution >= 0.6 is 0 Å². The number of rotatable bonds is 3. The normalized spacial score (nSPS) is 20.5. The number of carbonyl (C=O) groups is 1. The molecule has 1 unspecified atom stereocenters. The summed E-state index contributed by atoms with van der Waals surface area (Å²) >= 11 is 0. The molecule has 146 valence electrons. The fourth-order valence-corrected chi connectivity index (χ4v) is 4.28. The zero-order chi connectivity index (χ0) is 19.7. The predicted octanol–water partition coefficient (Wildman–Crippen LogP) is 3.41. The Labute approximate surface area is 169 Å². The highest BCUT2D eigenvalue weighted by atomic mass is 16.5. The Balaban J connectivity index is 1.32. The van der Waals surface area contributed by atoms with Gasteiger partial charge in [0.15, 0.2) is 11.5 Å². The molecule has 5 rings (SSSR count). The lowest BCUT2D eigenvalue weighted by molar-refractivity contribution is -0.0594. The third-order valence-corrected chi connectivity index (χ3v) is 5.73. The van der Waals surface area contributed by atoms with Crippen molar-refractivity contribution < 1.29 is 9.53 Å². The number of morpholine rings is 1. The average Bonchev–Trinajstić information content (AvgIpc) is 3.12. The van der Waals surface area contributed by atoms with E-state index < -0.39 is 0 Å². The number of aromatic nitrogens is 2. The number of hydrogen-bond acceptors (Lipinski definition) is 5. The Hall–Kier alpha value is -3.25. The third-order valence-electron chi connectivity index (χ3n) is 5.73. The van der Waals surface area contributed by atoms with Gasteiger partial charge in [-0.2, -0.15) is 0 Å². The van der Waals surface area contributed by atoms with Crippen LogP contribution in [0.5, 0.6) is 0 Å². The number of ether oxygens (including phenoxy) is 1. The molecule has 3 aromatic rings. The standard InChI is InChI=1S/C23H22N4O2/c28-22(24-18-7-2-1-3-8-18)20-10-11-21(26-25-20)27-14-15-29-23(16-27)13-12-17-6-4-5-9-19(17)23/h1-11H,12-16H2,(H,24,28). The topological polar surface area (TPSA) is 67.4 Å². The molecule has 1 atom stereocenters. The molecule has 1 fully saturated rings. The van der Waals surface area contributed by atoms with E-state index in [0.29, 0.717) is 12.3 Å². The fourth-order valence-electron chi connectivity index (χ4n) is 4.28. The summed E-state index contributed by atoms with van der Waals surface area (Å²) in [5.74, 6) is 0.506. The van der Waals surface area contributed by atoms with Gasteiger partial charge < -0.3 is 15.0 Å². The summed E-state index contributed by atoms with van der Waals surface area (Å²) in [6.45, 7) is 2.15. The molecular formula is C23H22N4O2. The van der Waals surface area contributed by atoms with Crippen molar-refractivity contribution in [1.29, 1.82) is 0 Å². The van der Waals surface area contributed by atoms with Crippen LogP contribution in [0.3, 0.4) is 0 Å². The van der Waals surface area contributed by atoms with Gasteiger partial charge in [0, 0.05) is 12.2 Å². The maximum absolute atomic E-state index is 12.4. The molecule has 29 heavy (non-hydrogen) atoms. The fraction of sp³-hybridized carbons (Fsp3) is 0.261. The first-order chi connectivity index (χ1) is 14.2. The second-order valence-corrected chi connectivity index (χ2v) is 7.52. The van der Waals surface area contributed by atoms with E-state index in [0.717, 1.165) is 37.4 Å². The van der Waals surface area contributed by atoms with Crippen LogP contribution in [0.4, 0.5) is 11.5 Å². The minimum atomic E-state index is -0.278. The molecule has 6 heteroatoms. The van der Waals surface area contributed by atoms with Crippen molar-refractivity contribution in [3.63, 3.8) is 0 Å². The van der Waals surface area contributed by atoms with E-state index in [2.05, 4.69) is 44.7 Å². The first-order valence-electron chi connectivity index (χ1n) is 9.91. The van der Waals surface area contributed by atoms with Crippen LogP contribution in [-0.2, 0) is 16.8 Å². The highest BCUT2D eigenvalue weighted by Gasteiger charge is 2.43. The van der Waals surface area contributed by atoms with E-state index in [4.69, 9.17) is 4.74 Å². The Kier molecular flexibility index (Phi) is 4.48. The number of anilines is 2. The van der Waals surface area contributed by atoms with Crippen molar-refractivity contribution in [1.82, 2.24) is 10.2 Å². The SMILES string of the molecule is O=C(Nc1ccccc1)c1ccc(N2CCOC3(CCc4ccccc43)C2)nn1. The van der Waals surface area contributed by atoms with Gasteiger partial charge in [0.25, 0.3) is 5.91 Å². The zero-order valence-electron chi connectivity index (χ0n) is 16.0. The van der Waals surface area contributed by atoms with Gasteiger partial charge in [-0.05, 0) is 48.2 Å². The Morgan fingerprint density at radius 1 is 1.00 bits per heavy atom. The molecular weight excluding hydrogens is 364 g/mol. The lowest BCUT2D eigenvalue weighted by Gasteiger charge is -2.41. The molecule has 0 bridgehead atoms. The molecule has 1 saturated heterocycles. The highest BCUT2D eigenvalue weighted by Crippen LogP contribution is 2.42. The van der Waals surface area contributed by atoms with Gasteiger partial charge in [-0.1, -0.05) is 42.5 Å². The lowest BCUT2D eigenvalue weighted by atomic mass is 9.93. The number of hydrogen-bond donors (Lipinski definition) is 1. The number of aryl methyl sites for hydroxylation is 1. The third kappa shape index (κ3) is 3.36. The predicted molar refractivity (Wildman–Crippen MR) is 111 cm³/mol. The molecule has 0 radical (unpaired) electrons. The summed E-state index contributed by atoms with van der Waals surface area (Å²) in [6.07, 6.45) is 2.02. The van der Waals surface area contributed by atoms with E-state index >= 15 is 0 Å². The maximum Gasteiger partial charge on any atom is 0.276 e. The number of nitrogens with zero attached hydrogens (tertiary/aromatic N) is 3. The molecule has 1 N–H and O–H groups in total. The molecule has 0 saturated carbocycles. The number of amides is 1. The summed E-state index contributed by atoms with van der Waals surface area (Å²) in [5.41, 5.74) is 3.41. The smallest absolute Gasteiger partial charge is 0.276 e. The maximum atomic E-state index is 12.4. The van der Waals surface area contributed by atoms with Crippen molar-refractivity contribution in [2.75, 3.05) is 29.9 Å². The molecule has 2 heterocycles. The van der Waals surface area contributed by atoms with Crippen LogP contribution in [0.2, 0.25) is 0 Å². The van der Waals surface area contributed by atoms with Crippen LogP contribution in [0.1, 0.15) is 28.0 Å². The Morgan fingerprint density at radius 3 is 2.66 bits per heavy atom. The van der Waals surface area contributed by atoms with E-state index in [1.807, 2.05) is 36.4 Å². The van der Waals surface area contributed by atoms with Crippen LogP contribution < -0.4 is 10.2 Å². The molecule has 1 amide bonds. The van der Waals surface area contributed by atoms with Crippen LogP contribution in [0, 0.1) is 0 Å². The monoisotopic (exact) mass is 386 g/mol. The van der Waals surface area contributed by atoms with Crippen LogP contribution in [0.15, 0.2) is 66.7 Å². The zero-order valence-corrected chi connectivity index (χ0v) is 16.0. The number of nitrogens with one attached hydrogen (secondary N) is 1. The summed E-state index contributed by atoms with van der Waals surface area (Å²) < 4.78 is 6.28. The molecule has 2 aliphatic rings. The molecule has 1 aliphatic carbocycles. The highest BCUT2D eigenvalue weighted by molar-refractivity contribution is 6.02. The number of fused-ring (bicyclic) bond motifs is 2. The van der Waals surface area contributed by atoms with E-state index in [1.165, 1.54) is 11.1 Å². The van der Waals surface area contributed by atoms with Crippen molar-refractivity contribution in [3.05, 3.63) is 83.6 Å². The molecule has 2 aromatic carbocycles. The van der Waals surface area contributed by atoms with E-state index in [9.17, 15) is 4.79 Å². The van der Waals surface area contributed by atoms with Gasteiger partial charge in [0.05, 0.1) is 13.2 Å². The number of para-hydroxylation sites is 1. The lowest BCUT2D eigenvalue weighted by Crippen LogP contribution is -2.49. The average molecular weight is 386 g/mol. The molecule has 1 aliphatic heterocycles. The van der Waals surface area contributed by atoms with E-state index in [-0.39, 0.29) is 11.5 Å². The van der Waals surface area contributed by atoms with Crippen molar-refractivity contribution in [3.8, 4) is 0 Å². The summed E-state index contributed by atoms with van der Waals surface area (Å²) in [7, 11) is 0. The number of carbonyl (C=O) groups excluding carboxylic acids is 1. The van der Waals surface area contributed by atoms with E-state index in [1.54, 1.807) is 6.07 Å².